The summed E-state index contributed by atoms with van der Waals surface area (Å²) in [7, 11) is 0. The molecule has 2 aliphatic rings. The fourth-order valence-corrected chi connectivity index (χ4v) is 6.15. The third-order valence-electron chi connectivity index (χ3n) is 8.27. The van der Waals surface area contributed by atoms with Gasteiger partial charge in [0.15, 0.2) is 11.6 Å². The number of fused-ring (bicyclic) bond motifs is 1. The number of aryl methyl sites for hydroxylation is 1. The molecule has 0 saturated heterocycles. The van der Waals surface area contributed by atoms with E-state index in [0.29, 0.717) is 10.8 Å². The van der Waals surface area contributed by atoms with E-state index in [4.69, 9.17) is 4.74 Å². The van der Waals surface area contributed by atoms with Crippen LogP contribution in [0, 0.1) is 35.3 Å². The monoisotopic (exact) mass is 440 g/mol. The van der Waals surface area contributed by atoms with Gasteiger partial charge in [-0.1, -0.05) is 63.8 Å². The minimum atomic E-state index is -0.914. The lowest BCUT2D eigenvalue weighted by Gasteiger charge is -2.37. The van der Waals surface area contributed by atoms with E-state index in [-0.39, 0.29) is 12.4 Å². The smallest absolute Gasteiger partial charge is 0.201 e. The first-order valence-electron chi connectivity index (χ1n) is 12.7. The molecule has 32 heavy (non-hydrogen) atoms. The molecule has 4 rings (SSSR count). The van der Waals surface area contributed by atoms with Crippen molar-refractivity contribution in [2.45, 2.75) is 77.6 Å². The predicted molar refractivity (Wildman–Crippen MR) is 129 cm³/mol. The van der Waals surface area contributed by atoms with Crippen LogP contribution in [0.1, 0.15) is 76.7 Å². The molecule has 0 heterocycles. The number of benzene rings is 2. The van der Waals surface area contributed by atoms with Gasteiger partial charge in [-0.05, 0) is 85.3 Å². The lowest BCUT2D eigenvalue weighted by molar-refractivity contribution is 0.142. The summed E-state index contributed by atoms with van der Waals surface area (Å²) in [6, 6.07) is 7.34. The molecule has 2 saturated carbocycles. The molecule has 0 aromatic heterocycles. The molecule has 0 N–H and O–H groups in total. The van der Waals surface area contributed by atoms with Crippen LogP contribution in [0.3, 0.4) is 0 Å². The molecule has 3 heteroatoms. The predicted octanol–water partition coefficient (Wildman–Crippen LogP) is 8.64. The van der Waals surface area contributed by atoms with E-state index in [1.54, 1.807) is 6.07 Å². The van der Waals surface area contributed by atoms with Crippen LogP contribution in [0.25, 0.3) is 10.8 Å². The van der Waals surface area contributed by atoms with E-state index in [9.17, 15) is 8.78 Å². The molecule has 0 spiro atoms. The minimum Gasteiger partial charge on any atom is -0.486 e. The average molecular weight is 441 g/mol. The molecule has 1 nitrogen and oxygen atoms in total. The maximum atomic E-state index is 14.6. The van der Waals surface area contributed by atoms with Gasteiger partial charge < -0.3 is 4.74 Å². The lowest BCUT2D eigenvalue weighted by atomic mass is 9.68. The standard InChI is InChI=1S/C29H38F2O/c1-3-17-32-27-19-25-16-11-22(18-26(25)28(30)29(27)31)6-5-21-9-14-24(15-10-21)23-12-7-20(4-2)8-13-23/h3,11,16,18-21,23-24H,1,4-10,12-15,17H2,2H3. The molecule has 0 atom stereocenters. The van der Waals surface area contributed by atoms with Crippen LogP contribution in [0.2, 0.25) is 0 Å². The highest BCUT2D eigenvalue weighted by atomic mass is 19.2. The Kier molecular flexibility index (Phi) is 7.86. The number of halogens is 2. The van der Waals surface area contributed by atoms with Crippen LogP contribution in [0.4, 0.5) is 8.78 Å². The van der Waals surface area contributed by atoms with Gasteiger partial charge in [0.05, 0.1) is 0 Å². The quantitative estimate of drug-likeness (QED) is 0.373. The van der Waals surface area contributed by atoms with Crippen LogP contribution in [0.15, 0.2) is 36.9 Å². The Morgan fingerprint density at radius 1 is 0.906 bits per heavy atom. The zero-order chi connectivity index (χ0) is 22.5. The fourth-order valence-electron chi connectivity index (χ4n) is 6.15. The SMILES string of the molecule is C=CCOc1cc2ccc(CCC3CCC(C4CCC(CC)CC4)CC3)cc2c(F)c1F. The highest BCUT2D eigenvalue weighted by Crippen LogP contribution is 2.42. The number of rotatable bonds is 8. The van der Waals surface area contributed by atoms with Crippen molar-refractivity contribution in [3.8, 4) is 5.75 Å². The van der Waals surface area contributed by atoms with Crippen molar-refractivity contribution in [2.24, 2.45) is 23.7 Å². The van der Waals surface area contributed by atoms with Crippen LogP contribution in [-0.4, -0.2) is 6.61 Å². The molecule has 0 radical (unpaired) electrons. The third kappa shape index (κ3) is 5.35. The number of hydrogen-bond donors (Lipinski definition) is 0. The van der Waals surface area contributed by atoms with Gasteiger partial charge in [-0.15, -0.1) is 0 Å². The average Bonchev–Trinajstić information content (AvgIpc) is 2.84. The molecular weight excluding hydrogens is 402 g/mol. The largest absolute Gasteiger partial charge is 0.486 e. The van der Waals surface area contributed by atoms with Crippen molar-refractivity contribution in [2.75, 3.05) is 6.61 Å². The first-order chi connectivity index (χ1) is 15.6. The van der Waals surface area contributed by atoms with Crippen molar-refractivity contribution in [3.05, 3.63) is 54.1 Å². The molecule has 0 bridgehead atoms. The van der Waals surface area contributed by atoms with Gasteiger partial charge in [-0.3, -0.25) is 0 Å². The highest BCUT2D eigenvalue weighted by molar-refractivity contribution is 5.85. The molecule has 2 aromatic carbocycles. The molecule has 2 aromatic rings. The van der Waals surface area contributed by atoms with Crippen LogP contribution < -0.4 is 4.74 Å². The first-order valence-corrected chi connectivity index (χ1v) is 12.7. The fraction of sp³-hybridized carbons (Fsp3) is 0.586. The van der Waals surface area contributed by atoms with Crippen molar-refractivity contribution in [1.29, 1.82) is 0 Å². The van der Waals surface area contributed by atoms with E-state index in [2.05, 4.69) is 19.6 Å². The topological polar surface area (TPSA) is 9.23 Å². The summed E-state index contributed by atoms with van der Waals surface area (Å²) in [5.74, 6) is 1.88. The summed E-state index contributed by atoms with van der Waals surface area (Å²) in [5.41, 5.74) is 1.09. The Labute approximate surface area is 192 Å². The van der Waals surface area contributed by atoms with E-state index in [0.717, 1.165) is 42.1 Å². The van der Waals surface area contributed by atoms with Gasteiger partial charge in [0.2, 0.25) is 5.82 Å². The summed E-state index contributed by atoms with van der Waals surface area (Å²) < 4.78 is 34.3. The highest BCUT2D eigenvalue weighted by Gasteiger charge is 2.30. The van der Waals surface area contributed by atoms with Gasteiger partial charge in [-0.25, -0.2) is 4.39 Å². The minimum absolute atomic E-state index is 0.0532. The molecule has 2 aliphatic carbocycles. The Hall–Kier alpha value is -1.90. The maximum absolute atomic E-state index is 14.6. The zero-order valence-electron chi connectivity index (χ0n) is 19.6. The van der Waals surface area contributed by atoms with Crippen LogP contribution >= 0.6 is 0 Å². The second-order valence-corrected chi connectivity index (χ2v) is 10.2. The zero-order valence-corrected chi connectivity index (χ0v) is 19.6. The van der Waals surface area contributed by atoms with E-state index in [1.165, 1.54) is 63.9 Å². The summed E-state index contributed by atoms with van der Waals surface area (Å²) >= 11 is 0. The first kappa shape index (κ1) is 23.3. The number of ether oxygens (including phenoxy) is 1. The second kappa shape index (κ2) is 10.8. The molecule has 0 amide bonds. The van der Waals surface area contributed by atoms with Crippen molar-refractivity contribution in [3.63, 3.8) is 0 Å². The third-order valence-corrected chi connectivity index (χ3v) is 8.27. The van der Waals surface area contributed by atoms with Crippen molar-refractivity contribution < 1.29 is 13.5 Å². The molecule has 174 valence electrons. The lowest BCUT2D eigenvalue weighted by Crippen LogP contribution is -2.25. The molecular formula is C29H38F2O. The molecule has 0 unspecified atom stereocenters. The van der Waals surface area contributed by atoms with Crippen molar-refractivity contribution in [1.82, 2.24) is 0 Å². The summed E-state index contributed by atoms with van der Waals surface area (Å²) in [4.78, 5) is 0. The van der Waals surface area contributed by atoms with Gasteiger partial charge in [0, 0.05) is 5.39 Å². The van der Waals surface area contributed by atoms with Gasteiger partial charge in [0.1, 0.15) is 6.61 Å². The Balaban J connectivity index is 1.31. The number of hydrogen-bond acceptors (Lipinski definition) is 1. The Morgan fingerprint density at radius 2 is 1.56 bits per heavy atom. The molecule has 2 fully saturated rings. The maximum Gasteiger partial charge on any atom is 0.201 e. The Bertz CT molecular complexity index is 905. The summed E-state index contributed by atoms with van der Waals surface area (Å²) in [6.07, 6.45) is 16.2. The second-order valence-electron chi connectivity index (χ2n) is 10.2. The van der Waals surface area contributed by atoms with E-state index in [1.807, 2.05) is 12.1 Å². The van der Waals surface area contributed by atoms with E-state index >= 15 is 0 Å². The summed E-state index contributed by atoms with van der Waals surface area (Å²) in [5, 5.41) is 1.02. The normalized spacial score (nSPS) is 26.2. The van der Waals surface area contributed by atoms with Gasteiger partial charge in [0.25, 0.3) is 0 Å². The van der Waals surface area contributed by atoms with E-state index < -0.39 is 11.6 Å². The van der Waals surface area contributed by atoms with Gasteiger partial charge in [-0.2, -0.15) is 4.39 Å². The van der Waals surface area contributed by atoms with Crippen LogP contribution in [-0.2, 0) is 6.42 Å². The summed E-state index contributed by atoms with van der Waals surface area (Å²) in [6.45, 7) is 6.05. The Morgan fingerprint density at radius 3 is 2.19 bits per heavy atom. The van der Waals surface area contributed by atoms with Crippen molar-refractivity contribution >= 4 is 10.8 Å². The van der Waals surface area contributed by atoms with Gasteiger partial charge >= 0.3 is 0 Å². The van der Waals surface area contributed by atoms with Crippen LogP contribution in [0.5, 0.6) is 5.75 Å². The molecule has 0 aliphatic heterocycles.